The van der Waals surface area contributed by atoms with Gasteiger partial charge in [0, 0.05) is 12.8 Å². The van der Waals surface area contributed by atoms with Crippen LogP contribution in [0.2, 0.25) is 0 Å². The molecule has 0 saturated heterocycles. The van der Waals surface area contributed by atoms with Gasteiger partial charge in [-0.15, -0.1) is 0 Å². The molecule has 12 heteroatoms. The molecule has 0 radical (unpaired) electrons. The Morgan fingerprint density at radius 2 is 0.818 bits per heavy atom. The van der Waals surface area contributed by atoms with Gasteiger partial charge in [0.2, 0.25) is 11.0 Å². The summed E-state index contributed by atoms with van der Waals surface area (Å²) >= 11 is 0. The second kappa shape index (κ2) is 13.9. The standard InChI is InChI=1S/C10H20O8P2.2Na.2H/c11-9(19(13,14)15)7-5-3-1-2-4-6-8-10(12)20(16,17)18;;;;/h1-8H2,(H2,13,14,15)(H2,16,17,18);;;;. The van der Waals surface area contributed by atoms with Crippen LogP contribution in [0.1, 0.15) is 51.4 Å². The van der Waals surface area contributed by atoms with Gasteiger partial charge in [-0.1, -0.05) is 25.7 Å². The zero-order valence-electron chi connectivity index (χ0n) is 11.0. The van der Waals surface area contributed by atoms with E-state index in [0.29, 0.717) is 25.7 Å². The van der Waals surface area contributed by atoms with Crippen LogP contribution in [0.3, 0.4) is 0 Å². The summed E-state index contributed by atoms with van der Waals surface area (Å²) in [5.74, 6) is 0. The first kappa shape index (κ1) is 28.4. The molecule has 0 bridgehead atoms. The fourth-order valence-corrected chi connectivity index (χ4v) is 2.45. The third kappa shape index (κ3) is 15.2. The summed E-state index contributed by atoms with van der Waals surface area (Å²) in [6.45, 7) is 0. The molecule has 4 N–H and O–H groups in total. The first-order chi connectivity index (χ1) is 9.05. The van der Waals surface area contributed by atoms with E-state index in [1.807, 2.05) is 0 Å². The Kier molecular flexibility index (Phi) is 17.9. The number of hydrogen-bond donors (Lipinski definition) is 4. The van der Waals surface area contributed by atoms with Crippen molar-refractivity contribution in [1.29, 1.82) is 0 Å². The molecule has 22 heavy (non-hydrogen) atoms. The Labute approximate surface area is 173 Å². The van der Waals surface area contributed by atoms with Crippen LogP contribution in [0.4, 0.5) is 0 Å². The van der Waals surface area contributed by atoms with Gasteiger partial charge in [0.1, 0.15) is 0 Å². The van der Waals surface area contributed by atoms with Crippen molar-refractivity contribution in [2.75, 3.05) is 0 Å². The summed E-state index contributed by atoms with van der Waals surface area (Å²) in [5.41, 5.74) is -2.10. The summed E-state index contributed by atoms with van der Waals surface area (Å²) in [5, 5.41) is 0. The Morgan fingerprint density at radius 3 is 1.05 bits per heavy atom. The van der Waals surface area contributed by atoms with E-state index < -0.39 is 26.2 Å². The van der Waals surface area contributed by atoms with Crippen LogP contribution in [0.15, 0.2) is 0 Å². The second-order valence-corrected chi connectivity index (χ2v) is 7.67. The zero-order valence-corrected chi connectivity index (χ0v) is 12.8. The molecule has 0 aliphatic rings. The summed E-state index contributed by atoms with van der Waals surface area (Å²) in [7, 11) is -9.20. The van der Waals surface area contributed by atoms with Crippen LogP contribution in [0.25, 0.3) is 0 Å². The number of carbonyl (C=O) groups excluding carboxylic acids is 2. The minimum atomic E-state index is -4.60. The van der Waals surface area contributed by atoms with Gasteiger partial charge in [0.05, 0.1) is 0 Å². The average molecular weight is 378 g/mol. The van der Waals surface area contributed by atoms with Gasteiger partial charge in [-0.2, -0.15) is 0 Å². The molecular weight excluding hydrogens is 356 g/mol. The van der Waals surface area contributed by atoms with E-state index in [4.69, 9.17) is 19.6 Å². The normalized spacial score (nSPS) is 11.3. The van der Waals surface area contributed by atoms with E-state index in [1.54, 1.807) is 0 Å². The van der Waals surface area contributed by atoms with E-state index >= 15 is 0 Å². The maximum absolute atomic E-state index is 10.9. The Bertz CT molecular complexity index is 391. The van der Waals surface area contributed by atoms with Crippen molar-refractivity contribution in [3.8, 4) is 0 Å². The Balaban J connectivity index is -0.00000180. The molecule has 0 aromatic heterocycles. The molecule has 0 aromatic rings. The molecule has 0 saturated carbocycles. The molecular formula is C10H22Na2O8P2. The van der Waals surface area contributed by atoms with Crippen molar-refractivity contribution in [1.82, 2.24) is 0 Å². The van der Waals surface area contributed by atoms with Crippen molar-refractivity contribution >= 4 is 85.4 Å². The number of carbonyl (C=O) groups is 2. The maximum atomic E-state index is 10.9. The van der Waals surface area contributed by atoms with Gasteiger partial charge in [-0.3, -0.25) is 18.7 Å². The molecule has 0 spiro atoms. The monoisotopic (exact) mass is 378 g/mol. The van der Waals surface area contributed by atoms with Gasteiger partial charge < -0.3 is 19.6 Å². The summed E-state index contributed by atoms with van der Waals surface area (Å²) < 4.78 is 21.1. The van der Waals surface area contributed by atoms with E-state index in [-0.39, 0.29) is 72.0 Å². The molecule has 0 aliphatic carbocycles. The molecule has 0 atom stereocenters. The van der Waals surface area contributed by atoms with Crippen molar-refractivity contribution < 1.29 is 38.3 Å². The molecule has 0 aliphatic heterocycles. The van der Waals surface area contributed by atoms with E-state index in [9.17, 15) is 18.7 Å². The van der Waals surface area contributed by atoms with Crippen molar-refractivity contribution in [2.45, 2.75) is 51.4 Å². The molecule has 0 amide bonds. The number of rotatable bonds is 11. The first-order valence-corrected chi connectivity index (χ1v) is 9.45. The predicted molar refractivity (Wildman–Crippen MR) is 85.3 cm³/mol. The fraction of sp³-hybridized carbons (Fsp3) is 0.800. The van der Waals surface area contributed by atoms with Crippen LogP contribution >= 0.6 is 15.2 Å². The van der Waals surface area contributed by atoms with Gasteiger partial charge >= 0.3 is 74.3 Å². The van der Waals surface area contributed by atoms with Crippen LogP contribution in [0.5, 0.6) is 0 Å². The predicted octanol–water partition coefficient (Wildman–Crippen LogP) is 0.219. The average Bonchev–Trinajstić information content (AvgIpc) is 2.29. The van der Waals surface area contributed by atoms with E-state index in [1.165, 1.54) is 0 Å². The molecule has 0 fully saturated rings. The molecule has 0 unspecified atom stereocenters. The summed E-state index contributed by atoms with van der Waals surface area (Å²) in [4.78, 5) is 56.0. The minimum absolute atomic E-state index is 0. The first-order valence-electron chi connectivity index (χ1n) is 6.23. The topological polar surface area (TPSA) is 149 Å². The van der Waals surface area contributed by atoms with Crippen LogP contribution < -0.4 is 0 Å². The number of unbranched alkanes of at least 4 members (excludes halogenated alkanes) is 5. The molecule has 0 aromatic carbocycles. The van der Waals surface area contributed by atoms with Crippen LogP contribution in [-0.2, 0) is 18.7 Å². The van der Waals surface area contributed by atoms with Gasteiger partial charge in [0.25, 0.3) is 0 Å². The summed E-state index contributed by atoms with van der Waals surface area (Å²) in [6.07, 6.45) is 3.23. The molecule has 122 valence electrons. The zero-order chi connectivity index (χ0) is 15.8. The quantitative estimate of drug-likeness (QED) is 0.227. The van der Waals surface area contributed by atoms with Crippen molar-refractivity contribution in [3.05, 3.63) is 0 Å². The Hall–Kier alpha value is 1.64. The van der Waals surface area contributed by atoms with Crippen molar-refractivity contribution in [2.24, 2.45) is 0 Å². The van der Waals surface area contributed by atoms with Crippen LogP contribution in [-0.4, -0.2) is 89.7 Å². The second-order valence-electron chi connectivity index (χ2n) is 4.50. The molecule has 0 rings (SSSR count). The van der Waals surface area contributed by atoms with E-state index in [0.717, 1.165) is 12.8 Å². The fourth-order valence-electron chi connectivity index (χ4n) is 1.55. The Morgan fingerprint density at radius 1 is 0.591 bits per heavy atom. The SMILES string of the molecule is O=C(CCCCCCCCC(=O)P(=O)(O)O)P(=O)(O)O.[NaH].[NaH]. The molecule has 0 heterocycles. The van der Waals surface area contributed by atoms with E-state index in [2.05, 4.69) is 0 Å². The van der Waals surface area contributed by atoms with Crippen molar-refractivity contribution in [3.63, 3.8) is 0 Å². The molecule has 8 nitrogen and oxygen atoms in total. The van der Waals surface area contributed by atoms with Gasteiger partial charge in [-0.05, 0) is 12.8 Å². The van der Waals surface area contributed by atoms with Crippen LogP contribution in [0, 0.1) is 0 Å². The number of hydrogen-bond acceptors (Lipinski definition) is 4. The van der Waals surface area contributed by atoms with Gasteiger partial charge in [0.15, 0.2) is 0 Å². The van der Waals surface area contributed by atoms with Gasteiger partial charge in [-0.25, -0.2) is 0 Å². The third-order valence-corrected chi connectivity index (χ3v) is 4.43. The summed E-state index contributed by atoms with van der Waals surface area (Å²) in [6, 6.07) is 0. The third-order valence-electron chi connectivity index (χ3n) is 2.68.